The summed E-state index contributed by atoms with van der Waals surface area (Å²) in [5.41, 5.74) is -0.106. The average Bonchev–Trinajstić information content (AvgIpc) is 1.83. The minimum atomic E-state index is -4.26. The molecule has 0 aromatic carbocycles. The molecule has 0 heterocycles. The highest BCUT2D eigenvalue weighted by Crippen LogP contribution is 2.53. The Morgan fingerprint density at radius 1 is 1.64 bits per heavy atom. The van der Waals surface area contributed by atoms with E-state index >= 15 is 0 Å². The first-order valence-corrected chi connectivity index (χ1v) is 4.50. The van der Waals surface area contributed by atoms with Crippen molar-refractivity contribution in [3.05, 3.63) is 12.2 Å². The molecule has 0 aliphatic carbocycles. The second-order valence-corrected chi connectivity index (χ2v) is 4.90. The third-order valence-corrected chi connectivity index (χ3v) is 3.33. The Balaban J connectivity index is 4.94. The molecule has 0 bridgehead atoms. The highest BCUT2D eigenvalue weighted by atomic mass is 31.2. The number of hydrogen-bond donors (Lipinski definition) is 2. The molecule has 0 saturated carbocycles. The summed E-state index contributed by atoms with van der Waals surface area (Å²) < 4.78 is 10.7. The SMILES string of the molecule is C=C(C#N)C(C)(C)P(=O)(O)O. The van der Waals surface area contributed by atoms with Gasteiger partial charge in [0.1, 0.15) is 5.16 Å². The summed E-state index contributed by atoms with van der Waals surface area (Å²) in [4.78, 5) is 17.5. The van der Waals surface area contributed by atoms with E-state index in [1.807, 2.05) is 0 Å². The van der Waals surface area contributed by atoms with E-state index in [2.05, 4.69) is 6.58 Å². The van der Waals surface area contributed by atoms with Crippen LogP contribution in [0.4, 0.5) is 0 Å². The van der Waals surface area contributed by atoms with Crippen LogP contribution in [0.1, 0.15) is 13.8 Å². The molecule has 0 aliphatic rings. The van der Waals surface area contributed by atoms with Gasteiger partial charge >= 0.3 is 7.60 Å². The number of nitrogens with zero attached hydrogens (tertiary/aromatic N) is 1. The molecule has 62 valence electrons. The van der Waals surface area contributed by atoms with Gasteiger partial charge in [0.25, 0.3) is 0 Å². The number of nitriles is 1. The van der Waals surface area contributed by atoms with Gasteiger partial charge in [0.15, 0.2) is 0 Å². The number of hydrogen-bond acceptors (Lipinski definition) is 2. The maximum Gasteiger partial charge on any atom is 0.336 e. The van der Waals surface area contributed by atoms with Crippen molar-refractivity contribution in [2.75, 3.05) is 0 Å². The molecule has 2 N–H and O–H groups in total. The highest BCUT2D eigenvalue weighted by Gasteiger charge is 2.40. The lowest BCUT2D eigenvalue weighted by atomic mass is 10.1. The zero-order chi connectivity index (χ0) is 9.28. The van der Waals surface area contributed by atoms with Crippen LogP contribution < -0.4 is 0 Å². The first kappa shape index (κ1) is 10.4. The molecule has 0 atom stereocenters. The molecule has 0 saturated heterocycles. The predicted molar refractivity (Wildman–Crippen MR) is 40.9 cm³/mol. The van der Waals surface area contributed by atoms with Crippen LogP contribution >= 0.6 is 7.60 Å². The minimum absolute atomic E-state index is 0.106. The van der Waals surface area contributed by atoms with Gasteiger partial charge < -0.3 is 9.79 Å². The van der Waals surface area contributed by atoms with Gasteiger partial charge in [-0.2, -0.15) is 5.26 Å². The van der Waals surface area contributed by atoms with Crippen molar-refractivity contribution < 1.29 is 14.4 Å². The van der Waals surface area contributed by atoms with Crippen molar-refractivity contribution in [1.29, 1.82) is 5.26 Å². The van der Waals surface area contributed by atoms with E-state index in [0.29, 0.717) is 0 Å². The van der Waals surface area contributed by atoms with Crippen LogP contribution in [-0.2, 0) is 4.57 Å². The maximum atomic E-state index is 10.7. The molecular weight excluding hydrogens is 165 g/mol. The van der Waals surface area contributed by atoms with E-state index in [9.17, 15) is 4.57 Å². The van der Waals surface area contributed by atoms with E-state index in [-0.39, 0.29) is 5.57 Å². The van der Waals surface area contributed by atoms with Gasteiger partial charge in [0, 0.05) is 5.57 Å². The van der Waals surface area contributed by atoms with Crippen LogP contribution in [0, 0.1) is 11.3 Å². The number of rotatable bonds is 2. The molecule has 5 heteroatoms. The topological polar surface area (TPSA) is 81.3 Å². The van der Waals surface area contributed by atoms with E-state index in [1.165, 1.54) is 13.8 Å². The smallest absolute Gasteiger partial charge is 0.324 e. The van der Waals surface area contributed by atoms with Crippen LogP contribution in [-0.4, -0.2) is 14.9 Å². The largest absolute Gasteiger partial charge is 0.336 e. The lowest BCUT2D eigenvalue weighted by Gasteiger charge is -2.23. The van der Waals surface area contributed by atoms with Crippen molar-refractivity contribution in [2.24, 2.45) is 0 Å². The Morgan fingerprint density at radius 3 is 2.09 bits per heavy atom. The summed E-state index contributed by atoms with van der Waals surface area (Å²) in [5.74, 6) is 0. The second-order valence-electron chi connectivity index (χ2n) is 2.69. The molecule has 0 aliphatic heterocycles. The molecule has 0 unspecified atom stereocenters. The van der Waals surface area contributed by atoms with Crippen LogP contribution in [0.15, 0.2) is 12.2 Å². The molecule has 0 fully saturated rings. The molecule has 11 heavy (non-hydrogen) atoms. The Morgan fingerprint density at radius 2 is 2.00 bits per heavy atom. The van der Waals surface area contributed by atoms with E-state index in [4.69, 9.17) is 15.0 Å². The van der Waals surface area contributed by atoms with Crippen molar-refractivity contribution in [3.63, 3.8) is 0 Å². The third-order valence-electron chi connectivity index (χ3n) is 1.60. The first-order chi connectivity index (χ1) is 4.73. The maximum absolute atomic E-state index is 10.7. The van der Waals surface area contributed by atoms with Gasteiger partial charge in [-0.3, -0.25) is 4.57 Å². The Labute approximate surface area is 65.3 Å². The Hall–Kier alpha value is -0.620. The quantitative estimate of drug-likeness (QED) is 0.485. The highest BCUT2D eigenvalue weighted by molar-refractivity contribution is 7.53. The summed E-state index contributed by atoms with van der Waals surface area (Å²) in [7, 11) is -4.26. The summed E-state index contributed by atoms with van der Waals surface area (Å²) in [5, 5.41) is 6.90. The summed E-state index contributed by atoms with van der Waals surface area (Å²) in [6.07, 6.45) is 0. The molecule has 0 amide bonds. The van der Waals surface area contributed by atoms with Gasteiger partial charge in [0.2, 0.25) is 0 Å². The van der Waals surface area contributed by atoms with Gasteiger partial charge in [-0.05, 0) is 13.8 Å². The normalized spacial score (nSPS) is 12.3. The molecule has 4 nitrogen and oxygen atoms in total. The molecule has 0 radical (unpaired) electrons. The fraction of sp³-hybridized carbons (Fsp3) is 0.500. The van der Waals surface area contributed by atoms with Crippen molar-refractivity contribution >= 4 is 7.60 Å². The predicted octanol–water partition coefficient (Wildman–Crippen LogP) is 1.02. The molecule has 0 aromatic heterocycles. The van der Waals surface area contributed by atoms with Crippen LogP contribution in [0.25, 0.3) is 0 Å². The van der Waals surface area contributed by atoms with E-state index in [0.717, 1.165) is 0 Å². The Bertz CT molecular complexity index is 257. The van der Waals surface area contributed by atoms with Crippen LogP contribution in [0.2, 0.25) is 0 Å². The Kier molecular flexibility index (Phi) is 2.63. The van der Waals surface area contributed by atoms with Gasteiger partial charge in [0.05, 0.1) is 6.07 Å². The van der Waals surface area contributed by atoms with E-state index in [1.54, 1.807) is 6.07 Å². The molecule has 0 spiro atoms. The fourth-order valence-electron chi connectivity index (χ4n) is 0.313. The monoisotopic (exact) mass is 175 g/mol. The van der Waals surface area contributed by atoms with Crippen molar-refractivity contribution in [2.45, 2.75) is 19.0 Å². The molecular formula is C6H10NO3P. The minimum Gasteiger partial charge on any atom is -0.324 e. The van der Waals surface area contributed by atoms with Gasteiger partial charge in [-0.25, -0.2) is 0 Å². The summed E-state index contributed by atoms with van der Waals surface area (Å²) in [6.45, 7) is 5.84. The van der Waals surface area contributed by atoms with Crippen LogP contribution in [0.3, 0.4) is 0 Å². The van der Waals surface area contributed by atoms with Gasteiger partial charge in [-0.15, -0.1) is 0 Å². The second kappa shape index (κ2) is 2.78. The third kappa shape index (κ3) is 1.90. The summed E-state index contributed by atoms with van der Waals surface area (Å²) >= 11 is 0. The zero-order valence-corrected chi connectivity index (χ0v) is 7.30. The molecule has 0 rings (SSSR count). The van der Waals surface area contributed by atoms with E-state index < -0.39 is 12.8 Å². The van der Waals surface area contributed by atoms with Gasteiger partial charge in [-0.1, -0.05) is 6.58 Å². The fourth-order valence-corrected chi connectivity index (χ4v) is 0.714. The lowest BCUT2D eigenvalue weighted by Crippen LogP contribution is -2.21. The lowest BCUT2D eigenvalue weighted by molar-refractivity contribution is 0.348. The molecule has 0 aromatic rings. The first-order valence-electron chi connectivity index (χ1n) is 2.88. The van der Waals surface area contributed by atoms with Crippen LogP contribution in [0.5, 0.6) is 0 Å². The zero-order valence-electron chi connectivity index (χ0n) is 6.40. The van der Waals surface area contributed by atoms with Crippen molar-refractivity contribution in [3.8, 4) is 6.07 Å². The summed E-state index contributed by atoms with van der Waals surface area (Å²) in [6, 6.07) is 1.63. The number of allylic oxidation sites excluding steroid dienone is 1. The standard InChI is InChI=1S/C6H10NO3P/c1-5(4-7)6(2,3)11(8,9)10/h1H2,2-3H3,(H2,8,9,10). The van der Waals surface area contributed by atoms with Crippen molar-refractivity contribution in [1.82, 2.24) is 0 Å². The average molecular weight is 175 g/mol.